The summed E-state index contributed by atoms with van der Waals surface area (Å²) in [4.78, 5) is 27.4. The lowest BCUT2D eigenvalue weighted by Gasteiger charge is -2.34. The van der Waals surface area contributed by atoms with Gasteiger partial charge in [0.15, 0.2) is 0 Å². The Morgan fingerprint density at radius 3 is 2.50 bits per heavy atom. The zero-order valence-electron chi connectivity index (χ0n) is 15.5. The van der Waals surface area contributed by atoms with Crippen molar-refractivity contribution in [2.75, 3.05) is 25.6 Å². The monoisotopic (exact) mass is 371 g/mol. The van der Waals surface area contributed by atoms with Crippen LogP contribution in [-0.2, 0) is 14.3 Å². The SMILES string of the molecule is CCOC(=O)C1C(=O)CC(c2ccsc2)CC1c1ccc(N(C)C)cc1. The highest BCUT2D eigenvalue weighted by Crippen LogP contribution is 2.44. The van der Waals surface area contributed by atoms with E-state index in [2.05, 4.69) is 11.4 Å². The summed E-state index contributed by atoms with van der Waals surface area (Å²) in [5.41, 5.74) is 3.32. The van der Waals surface area contributed by atoms with E-state index in [1.807, 2.05) is 48.6 Å². The molecule has 0 aliphatic heterocycles. The summed E-state index contributed by atoms with van der Waals surface area (Å²) in [5, 5.41) is 4.15. The van der Waals surface area contributed by atoms with Gasteiger partial charge in [0.1, 0.15) is 11.7 Å². The van der Waals surface area contributed by atoms with Crippen molar-refractivity contribution in [1.29, 1.82) is 0 Å². The summed E-state index contributed by atoms with van der Waals surface area (Å²) < 4.78 is 5.23. The number of nitrogens with zero attached hydrogens (tertiary/aromatic N) is 1. The van der Waals surface area contributed by atoms with E-state index in [4.69, 9.17) is 4.74 Å². The Hall–Kier alpha value is -2.14. The molecule has 1 aliphatic rings. The van der Waals surface area contributed by atoms with E-state index < -0.39 is 5.92 Å². The first-order chi connectivity index (χ1) is 12.5. The highest BCUT2D eigenvalue weighted by Gasteiger charge is 2.43. The van der Waals surface area contributed by atoms with Gasteiger partial charge in [0.25, 0.3) is 0 Å². The number of anilines is 1. The molecule has 26 heavy (non-hydrogen) atoms. The van der Waals surface area contributed by atoms with Crippen molar-refractivity contribution in [3.63, 3.8) is 0 Å². The summed E-state index contributed by atoms with van der Waals surface area (Å²) in [5.74, 6) is -1.07. The fraction of sp³-hybridized carbons (Fsp3) is 0.429. The van der Waals surface area contributed by atoms with Crippen LogP contribution in [0.15, 0.2) is 41.1 Å². The number of benzene rings is 1. The lowest BCUT2D eigenvalue weighted by Crippen LogP contribution is -2.37. The molecular weight excluding hydrogens is 346 g/mol. The second-order valence-electron chi connectivity index (χ2n) is 6.98. The minimum Gasteiger partial charge on any atom is -0.465 e. The Labute approximate surface area is 158 Å². The van der Waals surface area contributed by atoms with Crippen LogP contribution in [0.5, 0.6) is 0 Å². The maximum atomic E-state index is 12.9. The van der Waals surface area contributed by atoms with Crippen LogP contribution in [0.25, 0.3) is 0 Å². The van der Waals surface area contributed by atoms with Crippen molar-refractivity contribution < 1.29 is 14.3 Å². The van der Waals surface area contributed by atoms with Gasteiger partial charge in [-0.05, 0) is 59.3 Å². The minimum atomic E-state index is -0.699. The largest absolute Gasteiger partial charge is 0.465 e. The normalized spacial score (nSPS) is 22.9. The van der Waals surface area contributed by atoms with E-state index >= 15 is 0 Å². The van der Waals surface area contributed by atoms with Gasteiger partial charge in [-0.15, -0.1) is 0 Å². The van der Waals surface area contributed by atoms with Crippen LogP contribution in [-0.4, -0.2) is 32.5 Å². The zero-order chi connectivity index (χ0) is 18.7. The van der Waals surface area contributed by atoms with Crippen LogP contribution in [0, 0.1) is 5.92 Å². The molecule has 0 amide bonds. The highest BCUT2D eigenvalue weighted by molar-refractivity contribution is 7.08. The number of ketones is 1. The predicted octanol–water partition coefficient (Wildman–Crippen LogP) is 4.22. The molecule has 3 rings (SSSR count). The first-order valence-electron chi connectivity index (χ1n) is 9.00. The number of esters is 1. The lowest BCUT2D eigenvalue weighted by molar-refractivity contribution is -0.153. The Morgan fingerprint density at radius 2 is 1.92 bits per heavy atom. The van der Waals surface area contributed by atoms with Gasteiger partial charge in [0, 0.05) is 32.1 Å². The second-order valence-corrected chi connectivity index (χ2v) is 7.76. The van der Waals surface area contributed by atoms with E-state index in [1.54, 1.807) is 18.3 Å². The molecule has 3 atom stereocenters. The quantitative estimate of drug-likeness (QED) is 0.583. The second kappa shape index (κ2) is 8.04. The fourth-order valence-electron chi connectivity index (χ4n) is 3.76. The third kappa shape index (κ3) is 3.83. The molecule has 1 heterocycles. The van der Waals surface area contributed by atoms with Crippen LogP contribution in [0.1, 0.15) is 42.7 Å². The third-order valence-electron chi connectivity index (χ3n) is 5.13. The molecule has 0 saturated heterocycles. The smallest absolute Gasteiger partial charge is 0.317 e. The fourth-order valence-corrected chi connectivity index (χ4v) is 4.50. The third-order valence-corrected chi connectivity index (χ3v) is 5.83. The van der Waals surface area contributed by atoms with Crippen molar-refractivity contribution in [2.45, 2.75) is 31.6 Å². The molecule has 1 fully saturated rings. The predicted molar refractivity (Wildman–Crippen MR) is 105 cm³/mol. The summed E-state index contributed by atoms with van der Waals surface area (Å²) in [7, 11) is 3.99. The number of carbonyl (C=O) groups is 2. The molecule has 5 heteroatoms. The van der Waals surface area contributed by atoms with Gasteiger partial charge in [-0.25, -0.2) is 0 Å². The van der Waals surface area contributed by atoms with Crippen molar-refractivity contribution in [2.24, 2.45) is 5.92 Å². The Kier molecular flexibility index (Phi) is 5.77. The van der Waals surface area contributed by atoms with Gasteiger partial charge in [-0.3, -0.25) is 9.59 Å². The molecule has 138 valence electrons. The van der Waals surface area contributed by atoms with Crippen molar-refractivity contribution >= 4 is 28.8 Å². The Bertz CT molecular complexity index is 752. The molecule has 0 bridgehead atoms. The van der Waals surface area contributed by atoms with Crippen LogP contribution < -0.4 is 4.90 Å². The number of carbonyl (C=O) groups excluding carboxylic acids is 2. The van der Waals surface area contributed by atoms with Gasteiger partial charge >= 0.3 is 5.97 Å². The molecule has 0 N–H and O–H groups in total. The van der Waals surface area contributed by atoms with E-state index in [-0.39, 0.29) is 23.6 Å². The van der Waals surface area contributed by atoms with Gasteiger partial charge in [-0.1, -0.05) is 12.1 Å². The van der Waals surface area contributed by atoms with Crippen LogP contribution in [0.3, 0.4) is 0 Å². The average molecular weight is 372 g/mol. The van der Waals surface area contributed by atoms with E-state index in [0.29, 0.717) is 13.0 Å². The maximum Gasteiger partial charge on any atom is 0.317 e. The standard InChI is InChI=1S/C21H25NO3S/c1-4-25-21(24)20-18(14-5-7-17(8-6-14)22(2)3)11-16(12-19(20)23)15-9-10-26-13-15/h5-10,13,16,18,20H,4,11-12H2,1-3H3. The highest BCUT2D eigenvalue weighted by atomic mass is 32.1. The summed E-state index contributed by atoms with van der Waals surface area (Å²) in [6, 6.07) is 10.2. The van der Waals surface area contributed by atoms with Crippen LogP contribution in [0.4, 0.5) is 5.69 Å². The van der Waals surface area contributed by atoms with Gasteiger partial charge < -0.3 is 9.64 Å². The van der Waals surface area contributed by atoms with Crippen LogP contribution >= 0.6 is 11.3 Å². The molecular formula is C21H25NO3S. The molecule has 0 radical (unpaired) electrons. The Balaban J connectivity index is 1.93. The topological polar surface area (TPSA) is 46.6 Å². The van der Waals surface area contributed by atoms with E-state index in [1.165, 1.54) is 5.56 Å². The molecule has 1 saturated carbocycles. The van der Waals surface area contributed by atoms with Crippen molar-refractivity contribution in [3.8, 4) is 0 Å². The van der Waals surface area contributed by atoms with Gasteiger partial charge in [0.2, 0.25) is 0 Å². The number of hydrogen-bond acceptors (Lipinski definition) is 5. The van der Waals surface area contributed by atoms with Crippen LogP contribution in [0.2, 0.25) is 0 Å². The van der Waals surface area contributed by atoms with Gasteiger partial charge in [-0.2, -0.15) is 11.3 Å². The molecule has 1 aliphatic carbocycles. The summed E-state index contributed by atoms with van der Waals surface area (Å²) in [6.45, 7) is 2.07. The number of rotatable bonds is 5. The molecule has 2 aromatic rings. The van der Waals surface area contributed by atoms with Crippen molar-refractivity contribution in [3.05, 3.63) is 52.2 Å². The lowest BCUT2D eigenvalue weighted by atomic mass is 9.69. The minimum absolute atomic E-state index is 0.00686. The maximum absolute atomic E-state index is 12.9. The van der Waals surface area contributed by atoms with E-state index in [9.17, 15) is 9.59 Å². The first kappa shape index (κ1) is 18.6. The first-order valence-corrected chi connectivity index (χ1v) is 9.94. The molecule has 3 unspecified atom stereocenters. The average Bonchev–Trinajstić information content (AvgIpc) is 3.16. The molecule has 1 aromatic carbocycles. The van der Waals surface area contributed by atoms with E-state index in [0.717, 1.165) is 17.7 Å². The van der Waals surface area contributed by atoms with Gasteiger partial charge in [0.05, 0.1) is 6.61 Å². The number of Topliss-reactive ketones (excluding diaryl/α,β-unsaturated/α-hetero) is 1. The number of hydrogen-bond donors (Lipinski definition) is 0. The molecule has 0 spiro atoms. The summed E-state index contributed by atoms with van der Waals surface area (Å²) >= 11 is 1.64. The zero-order valence-corrected chi connectivity index (χ0v) is 16.3. The Morgan fingerprint density at radius 1 is 1.19 bits per heavy atom. The summed E-state index contributed by atoms with van der Waals surface area (Å²) in [6.07, 6.45) is 1.19. The number of ether oxygens (including phenoxy) is 1. The van der Waals surface area contributed by atoms with Crippen molar-refractivity contribution in [1.82, 2.24) is 0 Å². The molecule has 1 aromatic heterocycles. The molecule has 4 nitrogen and oxygen atoms in total. The number of thiophene rings is 1.